The molecule has 0 spiro atoms. The number of phenolic OH excluding ortho intramolecular Hbond substituents is 1. The molecule has 3 aromatic rings. The molecule has 0 radical (unpaired) electrons. The number of aromatic hydroxyl groups is 1. The Morgan fingerprint density at radius 2 is 1.79 bits per heavy atom. The summed E-state index contributed by atoms with van der Waals surface area (Å²) in [4.78, 5) is 55.3. The second-order valence-electron chi connectivity index (χ2n) is 10.2. The fraction of sp³-hybridized carbons (Fsp3) is 0.346. The molecule has 7 atom stereocenters. The van der Waals surface area contributed by atoms with E-state index in [9.17, 15) is 29.6 Å². The smallest absolute Gasteiger partial charge is 0.305 e. The maximum absolute atomic E-state index is 13.8. The third kappa shape index (κ3) is 3.10. The zero-order valence-corrected chi connectivity index (χ0v) is 21.5. The second-order valence-corrected chi connectivity index (χ2v) is 12.4. The topological polar surface area (TPSA) is 143 Å². The highest BCUT2D eigenvalue weighted by atomic mass is 32.2. The summed E-state index contributed by atoms with van der Waals surface area (Å²) in [6.45, 7) is 0. The van der Waals surface area contributed by atoms with E-state index in [1.165, 1.54) is 36.3 Å². The van der Waals surface area contributed by atoms with Crippen LogP contribution in [0.1, 0.15) is 22.8 Å². The number of nitro benzene ring substituents is 1. The molecule has 4 aliphatic rings. The number of amides is 2. The Morgan fingerprint density at radius 3 is 2.47 bits per heavy atom. The number of fused-ring (bicyclic) bond motifs is 9. The minimum atomic E-state index is -0.518. The van der Waals surface area contributed by atoms with Gasteiger partial charge in [0.05, 0.1) is 34.6 Å². The van der Waals surface area contributed by atoms with Crippen LogP contribution in [-0.2, 0) is 9.59 Å². The summed E-state index contributed by atoms with van der Waals surface area (Å²) in [6.07, 6.45) is 0.744. The van der Waals surface area contributed by atoms with Crippen LogP contribution in [0.25, 0.3) is 0 Å². The number of benzene rings is 2. The minimum absolute atomic E-state index is 0.00742. The predicted molar refractivity (Wildman–Crippen MR) is 139 cm³/mol. The molecule has 12 heteroatoms. The zero-order valence-electron chi connectivity index (χ0n) is 19.9. The fourth-order valence-corrected chi connectivity index (χ4v) is 10.1. The number of anilines is 1. The Kier molecular flexibility index (Phi) is 5.05. The van der Waals surface area contributed by atoms with Crippen molar-refractivity contribution in [2.45, 2.75) is 22.6 Å². The number of carbonyl (C=O) groups is 2. The monoisotopic (exact) mass is 551 g/mol. The SMILES string of the molecule is COc1cc([C@@H]2c3sc(=O)[nH]c3S[C@@H]3[C@@H]4C[C@@H]([C@@H]5C(=O)N(c6ccc([N+](=O)[O-])cc6)C(=O)[C@@H]45)[C@@H]23)ccc1O. The van der Waals surface area contributed by atoms with Crippen molar-refractivity contribution < 1.29 is 24.4 Å². The van der Waals surface area contributed by atoms with Gasteiger partial charge in [0.2, 0.25) is 11.8 Å². The van der Waals surface area contributed by atoms with Gasteiger partial charge in [-0.05, 0) is 54.0 Å². The standard InChI is InChI=1S/C26H21N3O7S2/c1-36-16-8-10(2-7-15(16)30)17-18-13-9-14(21(18)37-23-22(17)38-26(33)27-23)20-19(13)24(31)28(25(20)32)11-3-5-12(6-4-11)29(34)35/h2-8,13-14,17-21,30H,9H2,1H3,(H,27,33)/t13-,14-,17+,18+,19+,20+,21-/m1/s1. The lowest BCUT2D eigenvalue weighted by Crippen LogP contribution is -2.42. The first kappa shape index (κ1) is 23.5. The highest BCUT2D eigenvalue weighted by Crippen LogP contribution is 2.68. The van der Waals surface area contributed by atoms with E-state index in [1.54, 1.807) is 23.9 Å². The first-order chi connectivity index (χ1) is 18.3. The third-order valence-corrected chi connectivity index (χ3v) is 11.2. The summed E-state index contributed by atoms with van der Waals surface area (Å²) < 4.78 is 5.36. The van der Waals surface area contributed by atoms with E-state index in [2.05, 4.69) is 4.98 Å². The van der Waals surface area contributed by atoms with E-state index >= 15 is 0 Å². The number of non-ortho nitro benzene ring substituents is 1. The molecule has 3 heterocycles. The lowest BCUT2D eigenvalue weighted by molar-refractivity contribution is -0.384. The number of nitrogens with one attached hydrogen (secondary N) is 1. The van der Waals surface area contributed by atoms with E-state index in [0.717, 1.165) is 33.2 Å². The van der Waals surface area contributed by atoms with Gasteiger partial charge < -0.3 is 14.8 Å². The quantitative estimate of drug-likeness (QED) is 0.284. The van der Waals surface area contributed by atoms with E-state index < -0.39 is 16.8 Å². The van der Waals surface area contributed by atoms with Crippen LogP contribution in [0.5, 0.6) is 11.5 Å². The Hall–Kier alpha value is -3.64. The van der Waals surface area contributed by atoms with E-state index in [0.29, 0.717) is 11.4 Å². The van der Waals surface area contributed by atoms with Gasteiger partial charge >= 0.3 is 4.87 Å². The van der Waals surface area contributed by atoms with Crippen molar-refractivity contribution >= 4 is 46.3 Å². The molecule has 38 heavy (non-hydrogen) atoms. The number of aromatic nitrogens is 1. The molecule has 2 aliphatic heterocycles. The number of thiazole rings is 1. The second kappa shape index (κ2) is 8.18. The van der Waals surface area contributed by atoms with Crippen molar-refractivity contribution in [3.05, 3.63) is 72.7 Å². The van der Waals surface area contributed by atoms with Gasteiger partial charge in [-0.3, -0.25) is 29.4 Å². The maximum atomic E-state index is 13.8. The number of hydrogen-bond acceptors (Lipinski definition) is 9. The van der Waals surface area contributed by atoms with Gasteiger partial charge in [-0.15, -0.1) is 11.8 Å². The lowest BCUT2D eigenvalue weighted by atomic mass is 9.68. The largest absolute Gasteiger partial charge is 0.504 e. The molecule has 1 aromatic heterocycles. The third-order valence-electron chi connectivity index (χ3n) is 8.61. The van der Waals surface area contributed by atoms with E-state index in [1.807, 2.05) is 6.07 Å². The first-order valence-corrected chi connectivity index (χ1v) is 13.9. The molecule has 2 aliphatic carbocycles. The summed E-state index contributed by atoms with van der Waals surface area (Å²) in [6, 6.07) is 10.7. The number of ether oxygens (including phenoxy) is 1. The summed E-state index contributed by atoms with van der Waals surface area (Å²) in [5, 5.41) is 22.1. The Labute approximate surface area is 223 Å². The summed E-state index contributed by atoms with van der Waals surface area (Å²) in [5.41, 5.74) is 1.13. The summed E-state index contributed by atoms with van der Waals surface area (Å²) in [7, 11) is 1.48. The molecule has 10 nitrogen and oxygen atoms in total. The van der Waals surface area contributed by atoms with Crippen molar-refractivity contribution in [3.63, 3.8) is 0 Å². The fourth-order valence-electron chi connectivity index (χ4n) is 7.26. The van der Waals surface area contributed by atoms with Gasteiger partial charge in [-0.1, -0.05) is 17.4 Å². The van der Waals surface area contributed by atoms with Gasteiger partial charge in [-0.2, -0.15) is 0 Å². The van der Waals surface area contributed by atoms with Crippen LogP contribution in [0.2, 0.25) is 0 Å². The van der Waals surface area contributed by atoms with Crippen LogP contribution in [0, 0.1) is 39.7 Å². The number of nitro groups is 1. The minimum Gasteiger partial charge on any atom is -0.504 e. The van der Waals surface area contributed by atoms with Crippen LogP contribution in [-0.4, -0.2) is 39.2 Å². The number of carbonyl (C=O) groups excluding carboxylic acids is 2. The van der Waals surface area contributed by atoms with Crippen LogP contribution in [0.4, 0.5) is 11.4 Å². The molecular weight excluding hydrogens is 530 g/mol. The van der Waals surface area contributed by atoms with Crippen LogP contribution >= 0.6 is 23.1 Å². The van der Waals surface area contributed by atoms with Crippen molar-refractivity contribution in [3.8, 4) is 11.5 Å². The van der Waals surface area contributed by atoms with Gasteiger partial charge in [0.15, 0.2) is 11.5 Å². The van der Waals surface area contributed by atoms with Gasteiger partial charge in [0.1, 0.15) is 0 Å². The molecular formula is C26H21N3O7S2. The number of thioether (sulfide) groups is 1. The molecule has 1 saturated heterocycles. The highest BCUT2D eigenvalue weighted by molar-refractivity contribution is 8.00. The first-order valence-electron chi connectivity index (χ1n) is 12.2. The normalized spacial score (nSPS) is 30.8. The molecule has 2 aromatic carbocycles. The number of H-pyrrole nitrogens is 1. The molecule has 3 fully saturated rings. The number of methoxy groups -OCH3 is 1. The van der Waals surface area contributed by atoms with Crippen molar-refractivity contribution in [2.24, 2.45) is 29.6 Å². The van der Waals surface area contributed by atoms with Crippen LogP contribution in [0.3, 0.4) is 0 Å². The van der Waals surface area contributed by atoms with Gasteiger partial charge in [0.25, 0.3) is 5.69 Å². The Morgan fingerprint density at radius 1 is 1.08 bits per heavy atom. The Bertz CT molecular complexity index is 1580. The highest BCUT2D eigenvalue weighted by Gasteiger charge is 2.69. The number of phenols is 1. The summed E-state index contributed by atoms with van der Waals surface area (Å²) in [5.74, 6) is -1.41. The molecule has 194 valence electrons. The molecule has 7 rings (SSSR count). The molecule has 2 N–H and O–H groups in total. The number of hydrogen-bond donors (Lipinski definition) is 2. The number of aromatic amines is 1. The lowest BCUT2D eigenvalue weighted by Gasteiger charge is -2.43. The molecule has 2 saturated carbocycles. The molecule has 2 bridgehead atoms. The number of rotatable bonds is 4. The van der Waals surface area contributed by atoms with Crippen LogP contribution in [0.15, 0.2) is 52.3 Å². The van der Waals surface area contributed by atoms with Crippen LogP contribution < -0.4 is 14.5 Å². The van der Waals surface area contributed by atoms with Crippen molar-refractivity contribution in [1.29, 1.82) is 0 Å². The predicted octanol–water partition coefficient (Wildman–Crippen LogP) is 3.74. The maximum Gasteiger partial charge on any atom is 0.305 e. The summed E-state index contributed by atoms with van der Waals surface area (Å²) >= 11 is 2.76. The number of nitrogens with zero attached hydrogens (tertiary/aromatic N) is 2. The number of imide groups is 1. The van der Waals surface area contributed by atoms with Gasteiger partial charge in [0, 0.05) is 28.2 Å². The average molecular weight is 552 g/mol. The van der Waals surface area contributed by atoms with E-state index in [-0.39, 0.29) is 57.0 Å². The van der Waals surface area contributed by atoms with Crippen molar-refractivity contribution in [2.75, 3.05) is 12.0 Å². The van der Waals surface area contributed by atoms with Crippen molar-refractivity contribution in [1.82, 2.24) is 4.98 Å². The van der Waals surface area contributed by atoms with Gasteiger partial charge in [-0.25, -0.2) is 0 Å². The molecule has 0 unspecified atom stereocenters. The zero-order chi connectivity index (χ0) is 26.5. The van der Waals surface area contributed by atoms with E-state index in [4.69, 9.17) is 4.74 Å². The Balaban J connectivity index is 1.30. The average Bonchev–Trinajstić information content (AvgIpc) is 3.63. The molecule has 2 amide bonds.